The molecule has 0 aromatic carbocycles. The Morgan fingerprint density at radius 3 is 2.26 bits per heavy atom. The number of piperidine rings is 1. The van der Waals surface area contributed by atoms with E-state index >= 15 is 0 Å². The molecular formula is C17H36N2. The molecule has 1 saturated heterocycles. The van der Waals surface area contributed by atoms with E-state index in [1.54, 1.807) is 0 Å². The van der Waals surface area contributed by atoms with Gasteiger partial charge in [-0.05, 0) is 44.7 Å². The highest BCUT2D eigenvalue weighted by Crippen LogP contribution is 2.15. The Kier molecular flexibility index (Phi) is 8.72. The number of hydrogen-bond acceptors (Lipinski definition) is 2. The van der Waals surface area contributed by atoms with Crippen LogP contribution in [-0.4, -0.2) is 36.6 Å². The fraction of sp³-hybridized carbons (Fsp3) is 1.00. The Hall–Kier alpha value is -0.0800. The minimum absolute atomic E-state index is 0.770. The minimum atomic E-state index is 0.770. The molecule has 0 spiro atoms. The molecule has 0 bridgehead atoms. The molecule has 2 nitrogen and oxygen atoms in total. The highest BCUT2D eigenvalue weighted by atomic mass is 15.1. The van der Waals surface area contributed by atoms with Crippen LogP contribution in [0.4, 0.5) is 0 Å². The van der Waals surface area contributed by atoms with E-state index in [1.807, 2.05) is 0 Å². The first-order valence-electron chi connectivity index (χ1n) is 8.64. The van der Waals surface area contributed by atoms with E-state index in [0.717, 1.165) is 18.0 Å². The summed E-state index contributed by atoms with van der Waals surface area (Å²) in [5, 5.41) is 3.94. The predicted molar refractivity (Wildman–Crippen MR) is 85.7 cm³/mol. The van der Waals surface area contributed by atoms with Gasteiger partial charge >= 0.3 is 0 Å². The summed E-state index contributed by atoms with van der Waals surface area (Å²) in [6.07, 6.45) is 9.44. The molecule has 1 atom stereocenters. The summed E-state index contributed by atoms with van der Waals surface area (Å²) >= 11 is 0. The Bertz CT molecular complexity index is 207. The maximum Gasteiger partial charge on any atom is 0.00940 e. The van der Waals surface area contributed by atoms with Crippen molar-refractivity contribution in [3.8, 4) is 0 Å². The van der Waals surface area contributed by atoms with Crippen LogP contribution >= 0.6 is 0 Å². The molecule has 1 fully saturated rings. The van der Waals surface area contributed by atoms with E-state index in [0.29, 0.717) is 0 Å². The first-order valence-corrected chi connectivity index (χ1v) is 8.64. The summed E-state index contributed by atoms with van der Waals surface area (Å²) < 4.78 is 0. The zero-order chi connectivity index (χ0) is 14.1. The Labute approximate surface area is 121 Å². The van der Waals surface area contributed by atoms with Crippen molar-refractivity contribution >= 4 is 0 Å². The zero-order valence-electron chi connectivity index (χ0n) is 13.8. The molecular weight excluding hydrogens is 232 g/mol. The fourth-order valence-corrected chi connectivity index (χ4v) is 3.24. The number of likely N-dealkylation sites (tertiary alicyclic amines) is 1. The lowest BCUT2D eigenvalue weighted by Crippen LogP contribution is -2.46. The maximum atomic E-state index is 3.94. The Balaban J connectivity index is 2.25. The predicted octanol–water partition coefficient (Wildman–Crippen LogP) is 4.06. The third-order valence-electron chi connectivity index (χ3n) is 4.23. The number of nitrogens with one attached hydrogen (secondary N) is 1. The van der Waals surface area contributed by atoms with Gasteiger partial charge in [-0.15, -0.1) is 0 Å². The SMILES string of the molecule is CCCCC(CCC)NC1CCN(CC(C)C)CC1. The molecule has 0 saturated carbocycles. The summed E-state index contributed by atoms with van der Waals surface area (Å²) in [6, 6.07) is 1.54. The number of unbranched alkanes of at least 4 members (excludes halogenated alkanes) is 1. The van der Waals surface area contributed by atoms with Crippen molar-refractivity contribution in [3.63, 3.8) is 0 Å². The molecule has 2 heteroatoms. The topological polar surface area (TPSA) is 15.3 Å². The Morgan fingerprint density at radius 2 is 1.74 bits per heavy atom. The van der Waals surface area contributed by atoms with Crippen molar-refractivity contribution in [1.82, 2.24) is 10.2 Å². The number of hydrogen-bond donors (Lipinski definition) is 1. The van der Waals surface area contributed by atoms with Gasteiger partial charge in [0, 0.05) is 18.6 Å². The first-order chi connectivity index (χ1) is 9.15. The quantitative estimate of drug-likeness (QED) is 0.678. The van der Waals surface area contributed by atoms with Crippen LogP contribution in [0.25, 0.3) is 0 Å². The van der Waals surface area contributed by atoms with Gasteiger partial charge in [0.2, 0.25) is 0 Å². The van der Waals surface area contributed by atoms with Crippen molar-refractivity contribution in [1.29, 1.82) is 0 Å². The minimum Gasteiger partial charge on any atom is -0.311 e. The molecule has 0 aliphatic carbocycles. The molecule has 1 aliphatic heterocycles. The van der Waals surface area contributed by atoms with Gasteiger partial charge in [0.05, 0.1) is 0 Å². The smallest absolute Gasteiger partial charge is 0.00940 e. The zero-order valence-corrected chi connectivity index (χ0v) is 13.8. The second-order valence-electron chi connectivity index (χ2n) is 6.76. The van der Waals surface area contributed by atoms with Crippen LogP contribution in [0, 0.1) is 5.92 Å². The summed E-state index contributed by atoms with van der Waals surface area (Å²) in [5.41, 5.74) is 0. The van der Waals surface area contributed by atoms with E-state index in [9.17, 15) is 0 Å². The molecule has 1 rings (SSSR count). The van der Waals surface area contributed by atoms with Crippen molar-refractivity contribution in [2.75, 3.05) is 19.6 Å². The first kappa shape index (κ1) is 17.0. The second-order valence-corrected chi connectivity index (χ2v) is 6.76. The van der Waals surface area contributed by atoms with E-state index in [1.165, 1.54) is 64.6 Å². The van der Waals surface area contributed by atoms with Crippen LogP contribution in [-0.2, 0) is 0 Å². The van der Waals surface area contributed by atoms with Crippen LogP contribution in [0.5, 0.6) is 0 Å². The lowest BCUT2D eigenvalue weighted by atomic mass is 9.99. The molecule has 0 amide bonds. The van der Waals surface area contributed by atoms with Crippen LogP contribution in [0.1, 0.15) is 72.6 Å². The van der Waals surface area contributed by atoms with Gasteiger partial charge in [0.1, 0.15) is 0 Å². The van der Waals surface area contributed by atoms with Gasteiger partial charge in [0.15, 0.2) is 0 Å². The molecule has 0 radical (unpaired) electrons. The molecule has 0 aromatic heterocycles. The summed E-state index contributed by atoms with van der Waals surface area (Å²) in [6.45, 7) is 13.1. The van der Waals surface area contributed by atoms with Crippen molar-refractivity contribution in [3.05, 3.63) is 0 Å². The van der Waals surface area contributed by atoms with E-state index in [-0.39, 0.29) is 0 Å². The van der Waals surface area contributed by atoms with Crippen molar-refractivity contribution in [2.24, 2.45) is 5.92 Å². The summed E-state index contributed by atoms with van der Waals surface area (Å²) in [7, 11) is 0. The van der Waals surface area contributed by atoms with E-state index < -0.39 is 0 Å². The summed E-state index contributed by atoms with van der Waals surface area (Å²) in [5.74, 6) is 0.807. The maximum absolute atomic E-state index is 3.94. The molecule has 19 heavy (non-hydrogen) atoms. The number of rotatable bonds is 9. The van der Waals surface area contributed by atoms with E-state index in [4.69, 9.17) is 0 Å². The van der Waals surface area contributed by atoms with Gasteiger partial charge in [-0.25, -0.2) is 0 Å². The molecule has 1 unspecified atom stereocenters. The van der Waals surface area contributed by atoms with Crippen molar-refractivity contribution in [2.45, 2.75) is 84.7 Å². The molecule has 1 heterocycles. The lowest BCUT2D eigenvalue weighted by Gasteiger charge is -2.35. The van der Waals surface area contributed by atoms with Gasteiger partial charge in [-0.2, -0.15) is 0 Å². The largest absolute Gasteiger partial charge is 0.311 e. The van der Waals surface area contributed by atoms with Crippen molar-refractivity contribution < 1.29 is 0 Å². The van der Waals surface area contributed by atoms with Crippen LogP contribution in [0.2, 0.25) is 0 Å². The lowest BCUT2D eigenvalue weighted by molar-refractivity contribution is 0.171. The fourth-order valence-electron chi connectivity index (χ4n) is 3.24. The number of nitrogens with zero attached hydrogens (tertiary/aromatic N) is 1. The molecule has 0 aromatic rings. The van der Waals surface area contributed by atoms with Gasteiger partial charge in [-0.3, -0.25) is 0 Å². The molecule has 1 aliphatic rings. The van der Waals surface area contributed by atoms with E-state index in [2.05, 4.69) is 37.9 Å². The third-order valence-corrected chi connectivity index (χ3v) is 4.23. The monoisotopic (exact) mass is 268 g/mol. The average Bonchev–Trinajstić information content (AvgIpc) is 2.38. The summed E-state index contributed by atoms with van der Waals surface area (Å²) in [4.78, 5) is 2.64. The second kappa shape index (κ2) is 9.77. The van der Waals surface area contributed by atoms with Crippen LogP contribution in [0.15, 0.2) is 0 Å². The third kappa shape index (κ3) is 7.31. The highest BCUT2D eigenvalue weighted by molar-refractivity contribution is 4.81. The normalized spacial score (nSPS) is 20.1. The van der Waals surface area contributed by atoms with Gasteiger partial charge < -0.3 is 10.2 Å². The van der Waals surface area contributed by atoms with Crippen LogP contribution < -0.4 is 5.32 Å². The molecule has 1 N–H and O–H groups in total. The van der Waals surface area contributed by atoms with Crippen LogP contribution in [0.3, 0.4) is 0 Å². The van der Waals surface area contributed by atoms with Gasteiger partial charge in [0.25, 0.3) is 0 Å². The average molecular weight is 268 g/mol. The Morgan fingerprint density at radius 1 is 1.05 bits per heavy atom. The molecule has 114 valence electrons. The standard InChI is InChI=1S/C17H36N2/c1-5-7-9-16(8-6-2)18-17-10-12-19(13-11-17)14-15(3)4/h15-18H,5-14H2,1-4H3. The van der Waals surface area contributed by atoms with Gasteiger partial charge in [-0.1, -0.05) is 47.0 Å². The highest BCUT2D eigenvalue weighted by Gasteiger charge is 2.21.